The van der Waals surface area contributed by atoms with Gasteiger partial charge in [-0.05, 0) is 42.9 Å². The maximum atomic E-state index is 5.75. The molecule has 0 spiro atoms. The molecule has 0 N–H and O–H groups in total. The van der Waals surface area contributed by atoms with Gasteiger partial charge in [0.2, 0.25) is 0 Å². The first-order valence-electron chi connectivity index (χ1n) is 4.93. The van der Waals surface area contributed by atoms with Gasteiger partial charge in [0, 0.05) is 6.20 Å². The topological polar surface area (TPSA) is 12.9 Å². The molecule has 2 heteroatoms. The lowest BCUT2D eigenvalue weighted by Gasteiger charge is -2.05. The molecule has 70 valence electrons. The van der Waals surface area contributed by atoms with E-state index in [-0.39, 0.29) is 0 Å². The normalized spacial score (nSPS) is 16.4. The van der Waals surface area contributed by atoms with Crippen molar-refractivity contribution in [2.45, 2.75) is 38.0 Å². The number of rotatable bonds is 1. The minimum absolute atomic E-state index is 0.535. The van der Waals surface area contributed by atoms with E-state index in [1.165, 1.54) is 43.2 Å². The minimum atomic E-state index is 0.535. The summed E-state index contributed by atoms with van der Waals surface area (Å²) in [6.45, 7) is 0. The van der Waals surface area contributed by atoms with Crippen molar-refractivity contribution in [3.05, 3.63) is 29.1 Å². The zero-order chi connectivity index (χ0) is 9.10. The quantitative estimate of drug-likeness (QED) is 0.496. The van der Waals surface area contributed by atoms with Gasteiger partial charge in [0.05, 0.1) is 11.6 Å². The van der Waals surface area contributed by atoms with Gasteiger partial charge >= 0.3 is 0 Å². The van der Waals surface area contributed by atoms with Gasteiger partial charge in [-0.3, -0.25) is 4.98 Å². The Kier molecular flexibility index (Phi) is 2.84. The van der Waals surface area contributed by atoms with Crippen LogP contribution in [-0.2, 0) is 18.7 Å². The van der Waals surface area contributed by atoms with E-state index in [1.54, 1.807) is 0 Å². The molecule has 0 unspecified atom stereocenters. The van der Waals surface area contributed by atoms with Crippen LogP contribution in [0.5, 0.6) is 0 Å². The second kappa shape index (κ2) is 4.10. The fourth-order valence-electron chi connectivity index (χ4n) is 1.91. The van der Waals surface area contributed by atoms with Gasteiger partial charge in [0.1, 0.15) is 0 Å². The Balaban J connectivity index is 2.32. The molecular formula is C11H14ClN. The van der Waals surface area contributed by atoms with Crippen LogP contribution in [0, 0.1) is 0 Å². The van der Waals surface area contributed by atoms with Crippen LogP contribution in [0.2, 0.25) is 0 Å². The number of alkyl halides is 1. The predicted octanol–water partition coefficient (Wildman–Crippen LogP) is 3.09. The van der Waals surface area contributed by atoms with Crippen LogP contribution >= 0.6 is 11.6 Å². The fourth-order valence-corrected chi connectivity index (χ4v) is 2.06. The van der Waals surface area contributed by atoms with Gasteiger partial charge < -0.3 is 0 Å². The Hall–Kier alpha value is -0.560. The van der Waals surface area contributed by atoms with Crippen LogP contribution < -0.4 is 0 Å². The summed E-state index contributed by atoms with van der Waals surface area (Å²) in [6.07, 6.45) is 8.41. The molecular weight excluding hydrogens is 182 g/mol. The first kappa shape index (κ1) is 9.01. The summed E-state index contributed by atoms with van der Waals surface area (Å²) in [6, 6.07) is 2.17. The van der Waals surface area contributed by atoms with Crippen LogP contribution in [0.4, 0.5) is 0 Å². The smallest absolute Gasteiger partial charge is 0.0647 e. The van der Waals surface area contributed by atoms with E-state index in [9.17, 15) is 0 Å². The van der Waals surface area contributed by atoms with Gasteiger partial charge in [-0.25, -0.2) is 0 Å². The average Bonchev–Trinajstić information content (AvgIpc) is 2.41. The maximum Gasteiger partial charge on any atom is 0.0647 e. The number of aromatic nitrogens is 1. The van der Waals surface area contributed by atoms with Crippen LogP contribution in [0.25, 0.3) is 0 Å². The van der Waals surface area contributed by atoms with Gasteiger partial charge in [-0.2, -0.15) is 0 Å². The Labute approximate surface area is 84.1 Å². The van der Waals surface area contributed by atoms with Crippen molar-refractivity contribution in [3.63, 3.8) is 0 Å². The van der Waals surface area contributed by atoms with Crippen molar-refractivity contribution in [2.24, 2.45) is 0 Å². The van der Waals surface area contributed by atoms with Gasteiger partial charge in [-0.1, -0.05) is 6.42 Å². The molecule has 0 saturated carbocycles. The number of hydrogen-bond acceptors (Lipinski definition) is 1. The summed E-state index contributed by atoms with van der Waals surface area (Å²) in [5.41, 5.74) is 3.93. The highest BCUT2D eigenvalue weighted by Gasteiger charge is 2.08. The Bertz CT molecular complexity index is 296. The van der Waals surface area contributed by atoms with Crippen LogP contribution in [0.3, 0.4) is 0 Å². The number of halogens is 1. The zero-order valence-corrected chi connectivity index (χ0v) is 8.48. The second-order valence-electron chi connectivity index (χ2n) is 3.64. The molecule has 13 heavy (non-hydrogen) atoms. The average molecular weight is 196 g/mol. The number of hydrogen-bond donors (Lipinski definition) is 0. The van der Waals surface area contributed by atoms with Crippen LogP contribution in [-0.4, -0.2) is 4.98 Å². The summed E-state index contributed by atoms with van der Waals surface area (Å²) >= 11 is 5.75. The Morgan fingerprint density at radius 3 is 2.69 bits per heavy atom. The number of nitrogens with zero attached hydrogens (tertiary/aromatic N) is 1. The van der Waals surface area contributed by atoms with Crippen molar-refractivity contribution in [2.75, 3.05) is 0 Å². The first-order chi connectivity index (χ1) is 6.40. The third-order valence-electron chi connectivity index (χ3n) is 2.67. The maximum absolute atomic E-state index is 5.75. The lowest BCUT2D eigenvalue weighted by atomic mass is 10.1. The molecule has 0 aliphatic heterocycles. The van der Waals surface area contributed by atoms with Crippen LogP contribution in [0.1, 0.15) is 36.1 Å². The van der Waals surface area contributed by atoms with Gasteiger partial charge in [0.25, 0.3) is 0 Å². The number of pyridine rings is 1. The molecule has 0 bridgehead atoms. The highest BCUT2D eigenvalue weighted by Crippen LogP contribution is 2.20. The highest BCUT2D eigenvalue weighted by atomic mass is 35.5. The third-order valence-corrected chi connectivity index (χ3v) is 2.94. The van der Waals surface area contributed by atoms with Crippen molar-refractivity contribution in [3.8, 4) is 0 Å². The molecule has 1 aromatic rings. The molecule has 2 rings (SSSR count). The van der Waals surface area contributed by atoms with E-state index in [0.29, 0.717) is 5.88 Å². The molecule has 0 aromatic carbocycles. The lowest BCUT2D eigenvalue weighted by Crippen LogP contribution is -1.95. The molecule has 1 aliphatic rings. The zero-order valence-electron chi connectivity index (χ0n) is 7.72. The van der Waals surface area contributed by atoms with Crippen LogP contribution in [0.15, 0.2) is 12.3 Å². The summed E-state index contributed by atoms with van der Waals surface area (Å²) in [5, 5.41) is 0. The van der Waals surface area contributed by atoms with E-state index in [0.717, 1.165) is 5.69 Å². The standard InChI is InChI=1S/C11H14ClN/c12-7-11-6-9-4-2-1-3-5-10(9)8-13-11/h6,8H,1-5,7H2. The Morgan fingerprint density at radius 1 is 1.15 bits per heavy atom. The summed E-state index contributed by atoms with van der Waals surface area (Å²) < 4.78 is 0. The van der Waals surface area contributed by atoms with E-state index < -0.39 is 0 Å². The third kappa shape index (κ3) is 2.02. The van der Waals surface area contributed by atoms with E-state index >= 15 is 0 Å². The van der Waals surface area contributed by atoms with Crippen molar-refractivity contribution < 1.29 is 0 Å². The number of aryl methyl sites for hydroxylation is 2. The molecule has 1 nitrogen and oxygen atoms in total. The van der Waals surface area contributed by atoms with E-state index in [1.807, 2.05) is 6.20 Å². The van der Waals surface area contributed by atoms with E-state index in [2.05, 4.69) is 11.1 Å². The molecule has 0 amide bonds. The molecule has 0 radical (unpaired) electrons. The molecule has 0 atom stereocenters. The highest BCUT2D eigenvalue weighted by molar-refractivity contribution is 6.16. The minimum Gasteiger partial charge on any atom is -0.260 e. The number of fused-ring (bicyclic) bond motifs is 1. The predicted molar refractivity (Wildman–Crippen MR) is 55.1 cm³/mol. The van der Waals surface area contributed by atoms with Gasteiger partial charge in [-0.15, -0.1) is 11.6 Å². The SMILES string of the molecule is ClCc1cc2c(cn1)CCCCC2. The molecule has 1 aliphatic carbocycles. The van der Waals surface area contributed by atoms with Crippen molar-refractivity contribution in [1.82, 2.24) is 4.98 Å². The summed E-state index contributed by atoms with van der Waals surface area (Å²) in [4.78, 5) is 4.32. The largest absolute Gasteiger partial charge is 0.260 e. The fraction of sp³-hybridized carbons (Fsp3) is 0.545. The monoisotopic (exact) mass is 195 g/mol. The van der Waals surface area contributed by atoms with Crippen molar-refractivity contribution in [1.29, 1.82) is 0 Å². The summed E-state index contributed by atoms with van der Waals surface area (Å²) in [7, 11) is 0. The Morgan fingerprint density at radius 2 is 1.92 bits per heavy atom. The molecule has 0 saturated heterocycles. The molecule has 1 heterocycles. The molecule has 1 aromatic heterocycles. The van der Waals surface area contributed by atoms with Gasteiger partial charge in [0.15, 0.2) is 0 Å². The molecule has 0 fully saturated rings. The lowest BCUT2D eigenvalue weighted by molar-refractivity contribution is 0.711. The summed E-state index contributed by atoms with van der Waals surface area (Å²) in [5.74, 6) is 0.535. The van der Waals surface area contributed by atoms with Crippen molar-refractivity contribution >= 4 is 11.6 Å². The van der Waals surface area contributed by atoms with E-state index in [4.69, 9.17) is 11.6 Å². The second-order valence-corrected chi connectivity index (χ2v) is 3.91. The first-order valence-corrected chi connectivity index (χ1v) is 5.46.